The summed E-state index contributed by atoms with van der Waals surface area (Å²) in [7, 11) is 1.67. The summed E-state index contributed by atoms with van der Waals surface area (Å²) in [5.41, 5.74) is 9.54. The molecule has 0 unspecified atom stereocenters. The van der Waals surface area contributed by atoms with Gasteiger partial charge in [0.15, 0.2) is 0 Å². The maximum atomic E-state index is 5.31. The SMILES string of the molecule is COc1ccc(-n2cccn2)c(CNNc2ccccc2)c1. The van der Waals surface area contributed by atoms with Crippen LogP contribution >= 0.6 is 0 Å². The lowest BCUT2D eigenvalue weighted by atomic mass is 10.1. The molecule has 0 bridgehead atoms. The van der Waals surface area contributed by atoms with Crippen molar-refractivity contribution in [3.63, 3.8) is 0 Å². The molecule has 0 amide bonds. The van der Waals surface area contributed by atoms with E-state index in [0.717, 1.165) is 22.7 Å². The molecular weight excluding hydrogens is 276 g/mol. The van der Waals surface area contributed by atoms with Gasteiger partial charge in [-0.1, -0.05) is 18.2 Å². The van der Waals surface area contributed by atoms with Crippen LogP contribution in [0.3, 0.4) is 0 Å². The molecule has 5 nitrogen and oxygen atoms in total. The molecule has 0 radical (unpaired) electrons. The molecule has 0 atom stereocenters. The molecule has 2 aromatic carbocycles. The van der Waals surface area contributed by atoms with Crippen LogP contribution in [0.5, 0.6) is 5.75 Å². The summed E-state index contributed by atoms with van der Waals surface area (Å²) in [4.78, 5) is 0. The highest BCUT2D eigenvalue weighted by Crippen LogP contribution is 2.20. The van der Waals surface area contributed by atoms with E-state index in [2.05, 4.69) is 16.0 Å². The quantitative estimate of drug-likeness (QED) is 0.686. The van der Waals surface area contributed by atoms with Gasteiger partial charge in [-0.15, -0.1) is 0 Å². The lowest BCUT2D eigenvalue weighted by molar-refractivity contribution is 0.414. The van der Waals surface area contributed by atoms with Crippen LogP contribution in [0.4, 0.5) is 5.69 Å². The molecule has 0 aliphatic heterocycles. The van der Waals surface area contributed by atoms with E-state index < -0.39 is 0 Å². The Kier molecular flexibility index (Phi) is 4.36. The van der Waals surface area contributed by atoms with Gasteiger partial charge in [0.1, 0.15) is 5.75 Å². The third kappa shape index (κ3) is 3.27. The van der Waals surface area contributed by atoms with Gasteiger partial charge in [0.2, 0.25) is 0 Å². The Labute approximate surface area is 129 Å². The number of nitrogens with one attached hydrogen (secondary N) is 2. The average Bonchev–Trinajstić information content (AvgIpc) is 3.10. The lowest BCUT2D eigenvalue weighted by Crippen LogP contribution is -2.21. The fraction of sp³-hybridized carbons (Fsp3) is 0.118. The standard InChI is InChI=1S/C17H18N4O/c1-22-16-8-9-17(21-11-5-10-19-21)14(12-16)13-18-20-15-6-3-2-4-7-15/h2-12,18,20H,13H2,1H3. The number of methoxy groups -OCH3 is 1. The van der Waals surface area contributed by atoms with Crippen molar-refractivity contribution in [1.29, 1.82) is 0 Å². The van der Waals surface area contributed by atoms with Crippen LogP contribution < -0.4 is 15.6 Å². The molecule has 112 valence electrons. The molecule has 2 N–H and O–H groups in total. The summed E-state index contributed by atoms with van der Waals surface area (Å²) in [6.45, 7) is 0.640. The first kappa shape index (κ1) is 14.2. The van der Waals surface area contributed by atoms with Crippen LogP contribution in [0.25, 0.3) is 5.69 Å². The zero-order valence-electron chi connectivity index (χ0n) is 12.4. The van der Waals surface area contributed by atoms with Gasteiger partial charge >= 0.3 is 0 Å². The van der Waals surface area contributed by atoms with Crippen LogP contribution in [-0.2, 0) is 6.54 Å². The topological polar surface area (TPSA) is 51.1 Å². The van der Waals surface area contributed by atoms with E-state index in [9.17, 15) is 0 Å². The van der Waals surface area contributed by atoms with Crippen LogP contribution in [0.1, 0.15) is 5.56 Å². The van der Waals surface area contributed by atoms with Gasteiger partial charge in [-0.05, 0) is 42.0 Å². The van der Waals surface area contributed by atoms with Crippen LogP contribution in [0.2, 0.25) is 0 Å². The molecule has 0 aliphatic carbocycles. The molecule has 0 saturated carbocycles. The van der Waals surface area contributed by atoms with Gasteiger partial charge in [-0.3, -0.25) is 0 Å². The van der Waals surface area contributed by atoms with Gasteiger partial charge in [0.25, 0.3) is 0 Å². The second kappa shape index (κ2) is 6.78. The average molecular weight is 294 g/mol. The van der Waals surface area contributed by atoms with Gasteiger partial charge in [0, 0.05) is 24.6 Å². The smallest absolute Gasteiger partial charge is 0.119 e. The van der Waals surface area contributed by atoms with Crippen LogP contribution in [0.15, 0.2) is 67.0 Å². The number of benzene rings is 2. The number of aromatic nitrogens is 2. The number of ether oxygens (including phenoxy) is 1. The number of rotatable bonds is 6. The van der Waals surface area contributed by atoms with Gasteiger partial charge in [0.05, 0.1) is 12.8 Å². The number of hydrogen-bond acceptors (Lipinski definition) is 4. The fourth-order valence-corrected chi connectivity index (χ4v) is 2.23. The third-order valence-corrected chi connectivity index (χ3v) is 3.32. The third-order valence-electron chi connectivity index (χ3n) is 3.32. The maximum Gasteiger partial charge on any atom is 0.119 e. The van der Waals surface area contributed by atoms with Crippen LogP contribution in [0, 0.1) is 0 Å². The molecule has 0 saturated heterocycles. The minimum absolute atomic E-state index is 0.640. The lowest BCUT2D eigenvalue weighted by Gasteiger charge is -2.13. The largest absolute Gasteiger partial charge is 0.497 e. The highest BCUT2D eigenvalue weighted by molar-refractivity contribution is 5.46. The molecule has 1 heterocycles. The van der Waals surface area contributed by atoms with Gasteiger partial charge in [-0.2, -0.15) is 5.10 Å². The van der Waals surface area contributed by atoms with Crippen molar-refractivity contribution in [2.24, 2.45) is 0 Å². The number of hydrazine groups is 1. The molecule has 3 rings (SSSR count). The Bertz CT molecular complexity index is 711. The number of para-hydroxylation sites is 1. The van der Waals surface area contributed by atoms with Crippen molar-refractivity contribution < 1.29 is 4.74 Å². The fourth-order valence-electron chi connectivity index (χ4n) is 2.23. The molecule has 0 aliphatic rings. The Hall–Kier alpha value is -2.79. The first-order chi connectivity index (χ1) is 10.9. The maximum absolute atomic E-state index is 5.31. The Morgan fingerprint density at radius 2 is 1.95 bits per heavy atom. The second-order valence-electron chi connectivity index (χ2n) is 4.79. The van der Waals surface area contributed by atoms with E-state index in [-0.39, 0.29) is 0 Å². The minimum atomic E-state index is 0.640. The predicted molar refractivity (Wildman–Crippen MR) is 87.0 cm³/mol. The van der Waals surface area contributed by atoms with Crippen LogP contribution in [-0.4, -0.2) is 16.9 Å². The van der Waals surface area contributed by atoms with Crippen molar-refractivity contribution >= 4 is 5.69 Å². The summed E-state index contributed by atoms with van der Waals surface area (Å²) in [6, 6.07) is 17.8. The molecule has 0 fully saturated rings. The zero-order valence-corrected chi connectivity index (χ0v) is 12.4. The first-order valence-corrected chi connectivity index (χ1v) is 7.07. The van der Waals surface area contributed by atoms with Gasteiger partial charge in [-0.25, -0.2) is 10.1 Å². The first-order valence-electron chi connectivity index (χ1n) is 7.07. The van der Waals surface area contributed by atoms with Crippen molar-refractivity contribution in [2.75, 3.05) is 12.5 Å². The number of anilines is 1. The Morgan fingerprint density at radius 3 is 2.68 bits per heavy atom. The summed E-state index contributed by atoms with van der Waals surface area (Å²) in [5.74, 6) is 0.826. The summed E-state index contributed by atoms with van der Waals surface area (Å²) in [6.07, 6.45) is 3.69. The molecule has 22 heavy (non-hydrogen) atoms. The van der Waals surface area contributed by atoms with E-state index in [1.54, 1.807) is 13.3 Å². The number of nitrogens with zero attached hydrogens (tertiary/aromatic N) is 2. The molecular formula is C17H18N4O. The van der Waals surface area contributed by atoms with E-state index in [4.69, 9.17) is 4.74 Å². The molecule has 3 aromatic rings. The predicted octanol–water partition coefficient (Wildman–Crippen LogP) is 3.00. The molecule has 5 heteroatoms. The summed E-state index contributed by atoms with van der Waals surface area (Å²) < 4.78 is 7.16. The summed E-state index contributed by atoms with van der Waals surface area (Å²) >= 11 is 0. The van der Waals surface area contributed by atoms with Gasteiger partial charge < -0.3 is 10.2 Å². The minimum Gasteiger partial charge on any atom is -0.497 e. The van der Waals surface area contributed by atoms with Crippen molar-refractivity contribution in [3.05, 3.63) is 72.6 Å². The second-order valence-corrected chi connectivity index (χ2v) is 4.79. The highest BCUT2D eigenvalue weighted by atomic mass is 16.5. The van der Waals surface area contributed by atoms with E-state index in [1.807, 2.05) is 65.5 Å². The van der Waals surface area contributed by atoms with Crippen molar-refractivity contribution in [3.8, 4) is 11.4 Å². The normalized spacial score (nSPS) is 10.4. The van der Waals surface area contributed by atoms with E-state index in [1.165, 1.54) is 0 Å². The van der Waals surface area contributed by atoms with E-state index >= 15 is 0 Å². The highest BCUT2D eigenvalue weighted by Gasteiger charge is 2.06. The van der Waals surface area contributed by atoms with Crippen molar-refractivity contribution in [2.45, 2.75) is 6.54 Å². The monoisotopic (exact) mass is 294 g/mol. The molecule has 1 aromatic heterocycles. The van der Waals surface area contributed by atoms with Crippen molar-refractivity contribution in [1.82, 2.24) is 15.2 Å². The van der Waals surface area contributed by atoms with E-state index in [0.29, 0.717) is 6.54 Å². The number of hydrogen-bond donors (Lipinski definition) is 2. The summed E-state index contributed by atoms with van der Waals surface area (Å²) in [5, 5.41) is 4.30. The molecule has 0 spiro atoms. The Morgan fingerprint density at radius 1 is 1.09 bits per heavy atom. The Balaban J connectivity index is 1.76. The zero-order chi connectivity index (χ0) is 15.2.